The van der Waals surface area contributed by atoms with Gasteiger partial charge in [0.15, 0.2) is 5.54 Å². The summed E-state index contributed by atoms with van der Waals surface area (Å²) in [4.78, 5) is 13.5. The van der Waals surface area contributed by atoms with Crippen LogP contribution in [0.4, 0.5) is 0 Å². The van der Waals surface area contributed by atoms with Crippen LogP contribution >= 0.6 is 0 Å². The third-order valence-electron chi connectivity index (χ3n) is 2.04. The first kappa shape index (κ1) is 8.92. The second-order valence-corrected chi connectivity index (χ2v) is 3.01. The molecular weight excluding hydrogens is 156 g/mol. The quantitative estimate of drug-likeness (QED) is 0.427. The SMILES string of the molecule is CC1CCC(C#N)(N=C=O)CO1. The fraction of sp³-hybridized carbons (Fsp3) is 0.750. The first-order valence-corrected chi connectivity index (χ1v) is 3.84. The Morgan fingerprint density at radius 3 is 2.92 bits per heavy atom. The van der Waals surface area contributed by atoms with E-state index in [1.54, 1.807) is 0 Å². The van der Waals surface area contributed by atoms with E-state index in [1.165, 1.54) is 6.08 Å². The lowest BCUT2D eigenvalue weighted by molar-refractivity contribution is -0.000165. The maximum atomic E-state index is 10.0. The van der Waals surface area contributed by atoms with Gasteiger partial charge >= 0.3 is 0 Å². The van der Waals surface area contributed by atoms with E-state index in [9.17, 15) is 4.79 Å². The molecule has 1 saturated heterocycles. The number of rotatable bonds is 1. The zero-order valence-electron chi connectivity index (χ0n) is 6.91. The van der Waals surface area contributed by atoms with Crippen molar-refractivity contribution in [2.24, 2.45) is 4.99 Å². The normalized spacial score (nSPS) is 34.8. The third-order valence-corrected chi connectivity index (χ3v) is 2.04. The van der Waals surface area contributed by atoms with Crippen LogP contribution in [-0.4, -0.2) is 24.3 Å². The van der Waals surface area contributed by atoms with Crippen molar-refractivity contribution < 1.29 is 9.53 Å². The fourth-order valence-electron chi connectivity index (χ4n) is 1.17. The third kappa shape index (κ3) is 1.70. The minimum atomic E-state index is -0.964. The number of aliphatic imine (C=N–C) groups is 1. The highest BCUT2D eigenvalue weighted by Crippen LogP contribution is 2.25. The van der Waals surface area contributed by atoms with Crippen LogP contribution in [0.2, 0.25) is 0 Å². The van der Waals surface area contributed by atoms with Gasteiger partial charge in [0, 0.05) is 0 Å². The lowest BCUT2D eigenvalue weighted by Crippen LogP contribution is -2.38. The average Bonchev–Trinajstić information content (AvgIpc) is 2.10. The summed E-state index contributed by atoms with van der Waals surface area (Å²) < 4.78 is 5.24. The van der Waals surface area contributed by atoms with Gasteiger partial charge in [0.25, 0.3) is 0 Å². The Bertz CT molecular complexity index is 242. The van der Waals surface area contributed by atoms with Crippen molar-refractivity contribution in [1.29, 1.82) is 5.26 Å². The van der Waals surface area contributed by atoms with Crippen LogP contribution in [0, 0.1) is 11.3 Å². The summed E-state index contributed by atoms with van der Waals surface area (Å²) in [5, 5.41) is 8.76. The molecule has 2 atom stereocenters. The van der Waals surface area contributed by atoms with Crippen molar-refractivity contribution in [1.82, 2.24) is 0 Å². The van der Waals surface area contributed by atoms with E-state index in [0.29, 0.717) is 6.42 Å². The lowest BCUT2D eigenvalue weighted by atomic mass is 9.93. The number of isocyanates is 1. The van der Waals surface area contributed by atoms with Gasteiger partial charge in [0.05, 0.1) is 18.8 Å². The monoisotopic (exact) mass is 166 g/mol. The highest BCUT2D eigenvalue weighted by molar-refractivity contribution is 5.37. The van der Waals surface area contributed by atoms with Crippen LogP contribution < -0.4 is 0 Å². The topological polar surface area (TPSA) is 62.5 Å². The molecule has 1 aliphatic rings. The van der Waals surface area contributed by atoms with Gasteiger partial charge in [-0.05, 0) is 19.8 Å². The van der Waals surface area contributed by atoms with Crippen LogP contribution in [0.15, 0.2) is 4.99 Å². The number of carbonyl (C=O) groups excluding carboxylic acids is 1. The minimum absolute atomic E-state index is 0.160. The standard InChI is InChI=1S/C8H10N2O2/c1-7-2-3-8(4-9,5-12-7)10-6-11/h7H,2-3,5H2,1H3. The zero-order valence-corrected chi connectivity index (χ0v) is 6.91. The molecular formula is C8H10N2O2. The van der Waals surface area contributed by atoms with Crippen molar-refractivity contribution in [3.05, 3.63) is 0 Å². The van der Waals surface area contributed by atoms with Gasteiger partial charge in [-0.1, -0.05) is 0 Å². The molecule has 4 nitrogen and oxygen atoms in total. The molecule has 0 radical (unpaired) electrons. The molecule has 0 aromatic carbocycles. The Labute approximate surface area is 70.9 Å². The predicted molar refractivity (Wildman–Crippen MR) is 41.1 cm³/mol. The Kier molecular flexibility index (Phi) is 2.59. The largest absolute Gasteiger partial charge is 0.375 e. The number of hydrogen-bond donors (Lipinski definition) is 0. The van der Waals surface area contributed by atoms with Crippen LogP contribution in [0.5, 0.6) is 0 Å². The maximum Gasteiger partial charge on any atom is 0.236 e. The molecule has 12 heavy (non-hydrogen) atoms. The summed E-state index contributed by atoms with van der Waals surface area (Å²) in [5.74, 6) is 0. The number of nitrogens with zero attached hydrogens (tertiary/aromatic N) is 2. The van der Waals surface area contributed by atoms with Gasteiger partial charge in [-0.25, -0.2) is 4.79 Å². The molecule has 1 heterocycles. The van der Waals surface area contributed by atoms with Crippen LogP contribution in [-0.2, 0) is 9.53 Å². The van der Waals surface area contributed by atoms with E-state index < -0.39 is 5.54 Å². The molecule has 0 aliphatic carbocycles. The first-order chi connectivity index (χ1) is 5.72. The molecule has 4 heteroatoms. The van der Waals surface area contributed by atoms with E-state index in [2.05, 4.69) is 4.99 Å². The Morgan fingerprint density at radius 2 is 2.50 bits per heavy atom. The van der Waals surface area contributed by atoms with Crippen LogP contribution in [0.3, 0.4) is 0 Å². The molecule has 0 N–H and O–H groups in total. The zero-order chi connectivity index (χ0) is 9.03. The van der Waals surface area contributed by atoms with Gasteiger partial charge in [-0.3, -0.25) is 0 Å². The van der Waals surface area contributed by atoms with Crippen LogP contribution in [0.1, 0.15) is 19.8 Å². The number of ether oxygens (including phenoxy) is 1. The maximum absolute atomic E-state index is 10.0. The smallest absolute Gasteiger partial charge is 0.236 e. The van der Waals surface area contributed by atoms with E-state index in [1.807, 2.05) is 13.0 Å². The summed E-state index contributed by atoms with van der Waals surface area (Å²) in [6.45, 7) is 2.14. The van der Waals surface area contributed by atoms with Crippen molar-refractivity contribution in [2.45, 2.75) is 31.4 Å². The van der Waals surface area contributed by atoms with Gasteiger partial charge in [0.1, 0.15) is 0 Å². The van der Waals surface area contributed by atoms with Gasteiger partial charge in [-0.15, -0.1) is 0 Å². The first-order valence-electron chi connectivity index (χ1n) is 3.84. The van der Waals surface area contributed by atoms with E-state index in [0.717, 1.165) is 6.42 Å². The summed E-state index contributed by atoms with van der Waals surface area (Å²) in [6, 6.07) is 1.98. The molecule has 1 aliphatic heterocycles. The lowest BCUT2D eigenvalue weighted by Gasteiger charge is -2.29. The molecule has 64 valence electrons. The van der Waals surface area contributed by atoms with Crippen molar-refractivity contribution in [3.8, 4) is 6.07 Å². The number of hydrogen-bond acceptors (Lipinski definition) is 4. The van der Waals surface area contributed by atoms with Gasteiger partial charge in [-0.2, -0.15) is 10.3 Å². The Balaban J connectivity index is 2.71. The van der Waals surface area contributed by atoms with E-state index in [4.69, 9.17) is 10.00 Å². The Morgan fingerprint density at radius 1 is 1.75 bits per heavy atom. The summed E-state index contributed by atoms with van der Waals surface area (Å²) in [5.41, 5.74) is -0.964. The van der Waals surface area contributed by atoms with E-state index in [-0.39, 0.29) is 12.7 Å². The molecule has 2 unspecified atom stereocenters. The van der Waals surface area contributed by atoms with Gasteiger partial charge < -0.3 is 4.74 Å². The molecule has 0 bridgehead atoms. The molecule has 0 spiro atoms. The molecule has 0 aromatic heterocycles. The minimum Gasteiger partial charge on any atom is -0.375 e. The molecule has 0 saturated carbocycles. The van der Waals surface area contributed by atoms with Crippen molar-refractivity contribution in [2.75, 3.05) is 6.61 Å². The summed E-state index contributed by atoms with van der Waals surface area (Å²) in [7, 11) is 0. The highest BCUT2D eigenvalue weighted by Gasteiger charge is 2.34. The molecule has 0 amide bonds. The molecule has 0 aromatic rings. The fourth-order valence-corrected chi connectivity index (χ4v) is 1.17. The second-order valence-electron chi connectivity index (χ2n) is 3.01. The van der Waals surface area contributed by atoms with Gasteiger partial charge in [0.2, 0.25) is 6.08 Å². The summed E-state index contributed by atoms with van der Waals surface area (Å²) in [6.07, 6.45) is 2.92. The van der Waals surface area contributed by atoms with Crippen molar-refractivity contribution >= 4 is 6.08 Å². The Hall–Kier alpha value is -1.17. The average molecular weight is 166 g/mol. The summed E-state index contributed by atoms with van der Waals surface area (Å²) >= 11 is 0. The molecule has 1 rings (SSSR count). The van der Waals surface area contributed by atoms with Crippen LogP contribution in [0.25, 0.3) is 0 Å². The van der Waals surface area contributed by atoms with E-state index >= 15 is 0 Å². The second kappa shape index (κ2) is 3.48. The highest BCUT2D eigenvalue weighted by atomic mass is 16.5. The molecule has 1 fully saturated rings. The van der Waals surface area contributed by atoms with Crippen molar-refractivity contribution in [3.63, 3.8) is 0 Å². The predicted octanol–water partition coefficient (Wildman–Crippen LogP) is 0.783. The number of nitriles is 1.